The smallest absolute Gasteiger partial charge is 0.238 e. The van der Waals surface area contributed by atoms with Crippen molar-refractivity contribution >= 4 is 21.6 Å². The summed E-state index contributed by atoms with van der Waals surface area (Å²) in [6.07, 6.45) is 2.27. The lowest BCUT2D eigenvalue weighted by Gasteiger charge is -2.15. The number of carbonyl (C=O) groups excluding carboxylic acids is 1. The summed E-state index contributed by atoms with van der Waals surface area (Å²) >= 11 is 0. The molecular formula is C14H21N3O3S. The molecule has 5 N–H and O–H groups in total. The van der Waals surface area contributed by atoms with Gasteiger partial charge in [0.1, 0.15) is 0 Å². The van der Waals surface area contributed by atoms with Crippen LogP contribution in [-0.4, -0.2) is 20.4 Å². The van der Waals surface area contributed by atoms with E-state index in [1.54, 1.807) is 6.92 Å². The van der Waals surface area contributed by atoms with Gasteiger partial charge in [-0.15, -0.1) is 0 Å². The molecule has 0 aliphatic heterocycles. The zero-order valence-corrected chi connectivity index (χ0v) is 13.0. The quantitative estimate of drug-likeness (QED) is 0.772. The molecule has 6 nitrogen and oxygen atoms in total. The summed E-state index contributed by atoms with van der Waals surface area (Å²) in [6, 6.07) is 2.98. The molecule has 0 aromatic heterocycles. The minimum atomic E-state index is -3.80. The van der Waals surface area contributed by atoms with E-state index in [9.17, 15) is 13.2 Å². The number of nitrogens with one attached hydrogen (secondary N) is 1. The maximum Gasteiger partial charge on any atom is 0.238 e. The third kappa shape index (κ3) is 3.61. The van der Waals surface area contributed by atoms with E-state index in [0.717, 1.165) is 24.0 Å². The number of anilines is 1. The number of carbonyl (C=O) groups is 1. The topological polar surface area (TPSA) is 115 Å². The van der Waals surface area contributed by atoms with E-state index in [0.29, 0.717) is 12.1 Å². The highest BCUT2D eigenvalue weighted by molar-refractivity contribution is 7.89. The standard InChI is InChI=1S/C14H21N3O3S/c1-8-5-12(21(16,19)20)7-13(9(8)2)17-14(18)10-3-4-11(15)6-10/h5,7,10-11H,3-4,6,15H2,1-2H3,(H,17,18)(H2,16,19,20). The molecular weight excluding hydrogens is 290 g/mol. The maximum atomic E-state index is 12.2. The molecule has 0 spiro atoms. The Balaban J connectivity index is 2.27. The third-order valence-electron chi connectivity index (χ3n) is 4.07. The van der Waals surface area contributed by atoms with Crippen molar-refractivity contribution in [3.8, 4) is 0 Å². The summed E-state index contributed by atoms with van der Waals surface area (Å²) < 4.78 is 23.0. The van der Waals surface area contributed by atoms with Crippen LogP contribution in [0.5, 0.6) is 0 Å². The summed E-state index contributed by atoms with van der Waals surface area (Å²) in [5.41, 5.74) is 7.90. The minimum Gasteiger partial charge on any atom is -0.328 e. The van der Waals surface area contributed by atoms with E-state index in [1.165, 1.54) is 12.1 Å². The molecule has 7 heteroatoms. The molecule has 1 saturated carbocycles. The SMILES string of the molecule is Cc1cc(S(N)(=O)=O)cc(NC(=O)C2CCC(N)C2)c1C. The van der Waals surface area contributed by atoms with Crippen LogP contribution >= 0.6 is 0 Å². The van der Waals surface area contributed by atoms with Crippen molar-refractivity contribution in [1.29, 1.82) is 0 Å². The van der Waals surface area contributed by atoms with Crippen LogP contribution in [0.15, 0.2) is 17.0 Å². The van der Waals surface area contributed by atoms with Gasteiger partial charge in [0.2, 0.25) is 15.9 Å². The summed E-state index contributed by atoms with van der Waals surface area (Å²) in [6.45, 7) is 3.61. The fourth-order valence-electron chi connectivity index (χ4n) is 2.61. The van der Waals surface area contributed by atoms with E-state index in [1.807, 2.05) is 6.92 Å². The van der Waals surface area contributed by atoms with Gasteiger partial charge in [0.15, 0.2) is 0 Å². The molecule has 0 bridgehead atoms. The molecule has 1 aliphatic rings. The second kappa shape index (κ2) is 5.75. The van der Waals surface area contributed by atoms with Crippen molar-refractivity contribution in [2.75, 3.05) is 5.32 Å². The molecule has 1 aromatic carbocycles. The Bertz CT molecular complexity index is 670. The van der Waals surface area contributed by atoms with Crippen molar-refractivity contribution in [3.63, 3.8) is 0 Å². The van der Waals surface area contributed by atoms with E-state index >= 15 is 0 Å². The van der Waals surface area contributed by atoms with Gasteiger partial charge in [0.05, 0.1) is 4.90 Å². The first-order chi connectivity index (χ1) is 9.68. The van der Waals surface area contributed by atoms with Gasteiger partial charge in [-0.25, -0.2) is 13.6 Å². The van der Waals surface area contributed by atoms with Crippen LogP contribution in [-0.2, 0) is 14.8 Å². The van der Waals surface area contributed by atoms with E-state index < -0.39 is 10.0 Å². The molecule has 1 amide bonds. The van der Waals surface area contributed by atoms with Crippen molar-refractivity contribution in [3.05, 3.63) is 23.3 Å². The zero-order valence-electron chi connectivity index (χ0n) is 12.2. The van der Waals surface area contributed by atoms with Crippen LogP contribution in [0.4, 0.5) is 5.69 Å². The average Bonchev–Trinajstić information content (AvgIpc) is 2.80. The van der Waals surface area contributed by atoms with E-state index in [-0.39, 0.29) is 22.8 Å². The molecule has 1 fully saturated rings. The first kappa shape index (κ1) is 15.9. The molecule has 1 aliphatic carbocycles. The molecule has 21 heavy (non-hydrogen) atoms. The van der Waals surface area contributed by atoms with Crippen molar-refractivity contribution in [1.82, 2.24) is 0 Å². The molecule has 1 aromatic rings. The number of primary sulfonamides is 1. The molecule has 116 valence electrons. The second-order valence-electron chi connectivity index (χ2n) is 5.72. The lowest BCUT2D eigenvalue weighted by molar-refractivity contribution is -0.119. The summed E-state index contributed by atoms with van der Waals surface area (Å²) in [7, 11) is -3.80. The zero-order chi connectivity index (χ0) is 15.8. The summed E-state index contributed by atoms with van der Waals surface area (Å²) in [4.78, 5) is 12.2. The molecule has 0 saturated heterocycles. The van der Waals surface area contributed by atoms with Crippen LogP contribution in [0.2, 0.25) is 0 Å². The number of benzene rings is 1. The first-order valence-electron chi connectivity index (χ1n) is 6.89. The Kier molecular flexibility index (Phi) is 4.36. The third-order valence-corrected chi connectivity index (χ3v) is 4.96. The number of sulfonamides is 1. The Labute approximate surface area is 124 Å². The Morgan fingerprint density at radius 3 is 2.48 bits per heavy atom. The molecule has 2 rings (SSSR count). The highest BCUT2D eigenvalue weighted by atomic mass is 32.2. The van der Waals surface area contributed by atoms with Crippen molar-refractivity contribution < 1.29 is 13.2 Å². The van der Waals surface area contributed by atoms with E-state index in [4.69, 9.17) is 10.9 Å². The predicted octanol–water partition coefficient (Wildman–Crippen LogP) is 1.02. The monoisotopic (exact) mass is 311 g/mol. The second-order valence-corrected chi connectivity index (χ2v) is 7.28. The summed E-state index contributed by atoms with van der Waals surface area (Å²) in [5, 5.41) is 7.97. The Morgan fingerprint density at radius 1 is 1.29 bits per heavy atom. The van der Waals surface area contributed by atoms with Gasteiger partial charge < -0.3 is 11.1 Å². The van der Waals surface area contributed by atoms with Gasteiger partial charge in [-0.1, -0.05) is 0 Å². The number of nitrogens with two attached hydrogens (primary N) is 2. The van der Waals surface area contributed by atoms with E-state index in [2.05, 4.69) is 5.32 Å². The maximum absolute atomic E-state index is 12.2. The fourth-order valence-corrected chi connectivity index (χ4v) is 3.23. The van der Waals surface area contributed by atoms with Gasteiger partial charge in [0, 0.05) is 17.6 Å². The van der Waals surface area contributed by atoms with Crippen molar-refractivity contribution in [2.45, 2.75) is 44.0 Å². The molecule has 0 heterocycles. The van der Waals surface area contributed by atoms with Gasteiger partial charge in [-0.2, -0.15) is 0 Å². The average molecular weight is 311 g/mol. The van der Waals surface area contributed by atoms with Crippen molar-refractivity contribution in [2.24, 2.45) is 16.8 Å². The van der Waals surface area contributed by atoms with Gasteiger partial charge >= 0.3 is 0 Å². The fraction of sp³-hybridized carbons (Fsp3) is 0.500. The van der Waals surface area contributed by atoms with Crippen LogP contribution in [0.1, 0.15) is 30.4 Å². The largest absolute Gasteiger partial charge is 0.328 e. The van der Waals surface area contributed by atoms with Gasteiger partial charge in [0.25, 0.3) is 0 Å². The number of rotatable bonds is 3. The lowest BCUT2D eigenvalue weighted by atomic mass is 10.0. The number of hydrogen-bond acceptors (Lipinski definition) is 4. The lowest BCUT2D eigenvalue weighted by Crippen LogP contribution is -2.24. The highest BCUT2D eigenvalue weighted by Crippen LogP contribution is 2.28. The minimum absolute atomic E-state index is 0.00373. The molecule has 0 radical (unpaired) electrons. The Morgan fingerprint density at radius 2 is 1.95 bits per heavy atom. The van der Waals surface area contributed by atoms with Gasteiger partial charge in [-0.05, 0) is 56.4 Å². The summed E-state index contributed by atoms with van der Waals surface area (Å²) in [5.74, 6) is -0.227. The van der Waals surface area contributed by atoms with Crippen LogP contribution in [0, 0.1) is 19.8 Å². The number of hydrogen-bond donors (Lipinski definition) is 3. The highest BCUT2D eigenvalue weighted by Gasteiger charge is 2.28. The predicted molar refractivity (Wildman–Crippen MR) is 81.2 cm³/mol. The van der Waals surface area contributed by atoms with Crippen LogP contribution in [0.3, 0.4) is 0 Å². The Hall–Kier alpha value is -1.44. The first-order valence-corrected chi connectivity index (χ1v) is 8.43. The normalized spacial score (nSPS) is 22.3. The van der Waals surface area contributed by atoms with Gasteiger partial charge in [-0.3, -0.25) is 4.79 Å². The molecule has 2 atom stereocenters. The van der Waals surface area contributed by atoms with Crippen LogP contribution in [0.25, 0.3) is 0 Å². The number of amides is 1. The number of aryl methyl sites for hydroxylation is 1. The molecule has 2 unspecified atom stereocenters. The van der Waals surface area contributed by atoms with Crippen LogP contribution < -0.4 is 16.2 Å².